The molecule has 0 spiro atoms. The van der Waals surface area contributed by atoms with E-state index in [1.807, 2.05) is 30.6 Å². The van der Waals surface area contributed by atoms with Gasteiger partial charge in [-0.25, -0.2) is 9.59 Å². The van der Waals surface area contributed by atoms with Gasteiger partial charge < -0.3 is 24.5 Å². The first-order valence-electron chi connectivity index (χ1n) is 10.6. The maximum Gasteiger partial charge on any atom is 0.410 e. The van der Waals surface area contributed by atoms with Gasteiger partial charge in [0.1, 0.15) is 5.60 Å². The molecule has 3 saturated carbocycles. The Bertz CT molecular complexity index is 736. The van der Waals surface area contributed by atoms with E-state index < -0.39 is 17.0 Å². The van der Waals surface area contributed by atoms with E-state index in [0.717, 1.165) is 19.3 Å². The van der Waals surface area contributed by atoms with E-state index >= 15 is 0 Å². The van der Waals surface area contributed by atoms with Crippen LogP contribution in [-0.4, -0.2) is 81.3 Å². The number of hydrogen-bond donors (Lipinski definition) is 1. The summed E-state index contributed by atoms with van der Waals surface area (Å²) in [5, 5.41) is 9.43. The van der Waals surface area contributed by atoms with Crippen LogP contribution >= 0.6 is 0 Å². The van der Waals surface area contributed by atoms with Crippen molar-refractivity contribution < 1.29 is 24.2 Å². The highest BCUT2D eigenvalue weighted by molar-refractivity contribution is 5.80. The number of carboxylic acid groups (broad SMARTS) is 1. The lowest BCUT2D eigenvalue weighted by molar-refractivity contribution is -0.218. The van der Waals surface area contributed by atoms with E-state index in [2.05, 4.69) is 0 Å². The van der Waals surface area contributed by atoms with Gasteiger partial charge in [0.05, 0.1) is 11.5 Å². The predicted molar refractivity (Wildman–Crippen MR) is 105 cm³/mol. The van der Waals surface area contributed by atoms with E-state index in [-0.39, 0.29) is 29.1 Å². The molecule has 2 aliphatic heterocycles. The third kappa shape index (κ3) is 3.24. The van der Waals surface area contributed by atoms with Crippen LogP contribution in [0.2, 0.25) is 0 Å². The van der Waals surface area contributed by atoms with E-state index in [1.165, 1.54) is 0 Å². The number of carbonyl (C=O) groups excluding carboxylic acids is 2. The summed E-state index contributed by atoms with van der Waals surface area (Å²) in [6, 6.07) is 0.0776. The van der Waals surface area contributed by atoms with Crippen LogP contribution in [0.3, 0.4) is 0 Å². The van der Waals surface area contributed by atoms with Gasteiger partial charge in [0.25, 0.3) is 0 Å². The normalized spacial score (nSPS) is 33.8. The Hall–Kier alpha value is -1.99. The molecule has 0 aromatic heterocycles. The summed E-state index contributed by atoms with van der Waals surface area (Å²) in [5.41, 5.74) is -1.28. The van der Waals surface area contributed by atoms with E-state index in [0.29, 0.717) is 32.6 Å². The van der Waals surface area contributed by atoms with Crippen molar-refractivity contribution in [1.29, 1.82) is 0 Å². The fourth-order valence-electron chi connectivity index (χ4n) is 6.02. The summed E-state index contributed by atoms with van der Waals surface area (Å²) >= 11 is 0. The molecule has 2 saturated heterocycles. The average Bonchev–Trinajstić information content (AvgIpc) is 2.84. The maximum absolute atomic E-state index is 13.0. The zero-order chi connectivity index (χ0) is 21.4. The highest BCUT2D eigenvalue weighted by atomic mass is 16.6. The molecule has 29 heavy (non-hydrogen) atoms. The van der Waals surface area contributed by atoms with Crippen LogP contribution in [0.15, 0.2) is 0 Å². The molecule has 5 fully saturated rings. The van der Waals surface area contributed by atoms with Crippen molar-refractivity contribution in [2.45, 2.75) is 77.5 Å². The van der Waals surface area contributed by atoms with Gasteiger partial charge in [-0.05, 0) is 65.7 Å². The molecule has 3 aliphatic carbocycles. The van der Waals surface area contributed by atoms with Crippen LogP contribution in [0.25, 0.3) is 0 Å². The minimum Gasteiger partial charge on any atom is -0.481 e. The average molecular weight is 408 g/mol. The lowest BCUT2D eigenvalue weighted by Gasteiger charge is -2.74. The van der Waals surface area contributed by atoms with Crippen molar-refractivity contribution in [3.8, 4) is 0 Å². The predicted octanol–water partition coefficient (Wildman–Crippen LogP) is 2.77. The number of ether oxygens (including phenoxy) is 1. The standard InChI is InChI=1S/C21H33N3O5/c1-18(2,3)29-17(28)22-6-7-23-14(8-22)9-24(16(23)27)21-11-20(12-21,13-21)10-19(4,5)15(25)26/h14H,6-13H2,1-5H3,(H,25,26)/t14-,20?,21?/m0/s1. The number of nitrogens with zero attached hydrogens (tertiary/aromatic N) is 3. The fourth-order valence-corrected chi connectivity index (χ4v) is 6.02. The maximum atomic E-state index is 13.0. The van der Waals surface area contributed by atoms with Gasteiger partial charge in [-0.1, -0.05) is 0 Å². The monoisotopic (exact) mass is 407 g/mol. The molecule has 2 bridgehead atoms. The van der Waals surface area contributed by atoms with Crippen molar-refractivity contribution in [1.82, 2.24) is 14.7 Å². The molecule has 8 nitrogen and oxygen atoms in total. The molecule has 8 heteroatoms. The van der Waals surface area contributed by atoms with Crippen LogP contribution in [0.5, 0.6) is 0 Å². The molecule has 0 aromatic carbocycles. The van der Waals surface area contributed by atoms with Crippen molar-refractivity contribution in [3.05, 3.63) is 0 Å². The lowest BCUT2D eigenvalue weighted by Crippen LogP contribution is -2.75. The number of rotatable bonds is 4. The Balaban J connectivity index is 1.36. The summed E-state index contributed by atoms with van der Waals surface area (Å²) < 4.78 is 5.49. The molecule has 1 atom stereocenters. The molecule has 2 heterocycles. The number of hydrogen-bond acceptors (Lipinski definition) is 4. The molecule has 162 valence electrons. The zero-order valence-electron chi connectivity index (χ0n) is 18.2. The van der Waals surface area contributed by atoms with E-state index in [4.69, 9.17) is 4.74 Å². The molecule has 0 radical (unpaired) electrons. The molecule has 1 N–H and O–H groups in total. The minimum atomic E-state index is -0.757. The first kappa shape index (κ1) is 20.3. The fraction of sp³-hybridized carbons (Fsp3) is 0.857. The summed E-state index contributed by atoms with van der Waals surface area (Å²) in [6.07, 6.45) is 3.05. The van der Waals surface area contributed by atoms with Crippen molar-refractivity contribution in [2.75, 3.05) is 26.2 Å². The molecule has 5 rings (SSSR count). The first-order valence-corrected chi connectivity index (χ1v) is 10.6. The number of aliphatic carboxylic acids is 1. The van der Waals surface area contributed by atoms with Crippen molar-refractivity contribution in [3.63, 3.8) is 0 Å². The molecule has 3 amide bonds. The molecule has 0 aromatic rings. The number of fused-ring (bicyclic) bond motifs is 1. The Kier molecular flexibility index (Phi) is 4.21. The zero-order valence-corrected chi connectivity index (χ0v) is 18.2. The van der Waals surface area contributed by atoms with Crippen LogP contribution < -0.4 is 0 Å². The summed E-state index contributed by atoms with van der Waals surface area (Å²) in [4.78, 5) is 42.5. The van der Waals surface area contributed by atoms with Gasteiger partial charge >= 0.3 is 18.1 Å². The smallest absolute Gasteiger partial charge is 0.410 e. The largest absolute Gasteiger partial charge is 0.481 e. The van der Waals surface area contributed by atoms with Gasteiger partial charge in [0.2, 0.25) is 0 Å². The summed E-state index contributed by atoms with van der Waals surface area (Å²) in [5.74, 6) is -0.757. The van der Waals surface area contributed by atoms with Gasteiger partial charge in [-0.2, -0.15) is 0 Å². The molecular formula is C21H33N3O5. The topological polar surface area (TPSA) is 90.4 Å². The highest BCUT2D eigenvalue weighted by Crippen LogP contribution is 2.73. The quantitative estimate of drug-likeness (QED) is 0.774. The van der Waals surface area contributed by atoms with Crippen LogP contribution in [0.4, 0.5) is 9.59 Å². The second kappa shape index (κ2) is 6.01. The van der Waals surface area contributed by atoms with Crippen molar-refractivity contribution in [2.24, 2.45) is 10.8 Å². The number of carbonyl (C=O) groups is 3. The van der Waals surface area contributed by atoms with Crippen LogP contribution in [0, 0.1) is 10.8 Å². The second-order valence-corrected chi connectivity index (χ2v) is 11.3. The Morgan fingerprint density at radius 1 is 1.10 bits per heavy atom. The number of carboxylic acids is 1. The van der Waals surface area contributed by atoms with E-state index in [9.17, 15) is 19.5 Å². The van der Waals surface area contributed by atoms with Crippen LogP contribution in [0.1, 0.15) is 60.3 Å². The molecular weight excluding hydrogens is 374 g/mol. The first-order chi connectivity index (χ1) is 13.3. The minimum absolute atomic E-state index is 0.00389. The second-order valence-electron chi connectivity index (χ2n) is 11.3. The summed E-state index contributed by atoms with van der Waals surface area (Å²) in [7, 11) is 0. The Labute approximate surface area is 172 Å². The van der Waals surface area contributed by atoms with Gasteiger partial charge in [-0.3, -0.25) is 4.79 Å². The Morgan fingerprint density at radius 3 is 2.28 bits per heavy atom. The van der Waals surface area contributed by atoms with Crippen LogP contribution in [-0.2, 0) is 9.53 Å². The van der Waals surface area contributed by atoms with E-state index in [1.54, 1.807) is 18.7 Å². The molecule has 5 aliphatic rings. The molecule has 0 unspecified atom stereocenters. The SMILES string of the molecule is CC(C)(C)OC(=O)N1CCN2C(=O)N(C34CC(CC(C)(C)C(=O)O)(C3)C4)C[C@@H]2C1. The van der Waals surface area contributed by atoms with Gasteiger partial charge in [0.15, 0.2) is 0 Å². The third-order valence-corrected chi connectivity index (χ3v) is 7.09. The van der Waals surface area contributed by atoms with Gasteiger partial charge in [-0.15, -0.1) is 0 Å². The lowest BCUT2D eigenvalue weighted by atomic mass is 9.36. The van der Waals surface area contributed by atoms with Crippen molar-refractivity contribution >= 4 is 18.1 Å². The van der Waals surface area contributed by atoms with Gasteiger partial charge in [0, 0.05) is 31.7 Å². The Morgan fingerprint density at radius 2 is 1.72 bits per heavy atom. The number of piperazine rings is 1. The summed E-state index contributed by atoms with van der Waals surface area (Å²) in [6.45, 7) is 11.3. The highest BCUT2D eigenvalue weighted by Gasteiger charge is 2.73. The number of urea groups is 1. The third-order valence-electron chi connectivity index (χ3n) is 7.09. The number of amides is 3.